The highest BCUT2D eigenvalue weighted by Gasteiger charge is 2.28. The molecule has 1 atom stereocenters. The van der Waals surface area contributed by atoms with Gasteiger partial charge in [-0.15, -0.1) is 0 Å². The van der Waals surface area contributed by atoms with Crippen LogP contribution in [0, 0.1) is 6.92 Å². The molecule has 0 saturated carbocycles. The maximum Gasteiger partial charge on any atom is 0.254 e. The number of aromatic nitrogens is 2. The summed E-state index contributed by atoms with van der Waals surface area (Å²) < 4.78 is 2.31. The Morgan fingerprint density at radius 1 is 1.24 bits per heavy atom. The normalized spacial score (nSPS) is 17.6. The largest absolute Gasteiger partial charge is 0.337 e. The molecule has 128 valence electrons. The molecule has 1 amide bonds. The van der Waals surface area contributed by atoms with Crippen LogP contribution in [0.2, 0.25) is 0 Å². The van der Waals surface area contributed by atoms with Gasteiger partial charge in [-0.2, -0.15) is 11.3 Å². The van der Waals surface area contributed by atoms with Gasteiger partial charge in [-0.05, 0) is 31.2 Å². The summed E-state index contributed by atoms with van der Waals surface area (Å²) >= 11 is 1.57. The average molecular weight is 351 g/mol. The van der Waals surface area contributed by atoms with Crippen LogP contribution < -0.4 is 0 Å². The lowest BCUT2D eigenvalue weighted by molar-refractivity contribution is 0.0679. The summed E-state index contributed by atoms with van der Waals surface area (Å²) in [7, 11) is 0. The van der Waals surface area contributed by atoms with Crippen LogP contribution in [0.15, 0.2) is 53.4 Å². The second-order valence-corrected chi connectivity index (χ2v) is 7.30. The number of imidazole rings is 1. The first-order valence-corrected chi connectivity index (χ1v) is 9.59. The van der Waals surface area contributed by atoms with Crippen molar-refractivity contribution in [3.63, 3.8) is 0 Å². The Balaban J connectivity index is 1.62. The lowest BCUT2D eigenvalue weighted by Crippen LogP contribution is -2.40. The van der Waals surface area contributed by atoms with Gasteiger partial charge in [0.15, 0.2) is 0 Å². The molecular formula is C20H21N3OS. The predicted octanol–water partition coefficient (Wildman–Crippen LogP) is 4.40. The first kappa shape index (κ1) is 16.1. The molecule has 1 unspecified atom stereocenters. The SMILES string of the molecule is Cc1cnc(-c2ccccc2)n1C1CCCN(C(=O)c2ccsc2)C1. The molecule has 1 aromatic carbocycles. The molecule has 0 spiro atoms. The minimum absolute atomic E-state index is 0.143. The zero-order valence-corrected chi connectivity index (χ0v) is 15.1. The highest BCUT2D eigenvalue weighted by Crippen LogP contribution is 2.30. The smallest absolute Gasteiger partial charge is 0.254 e. The quantitative estimate of drug-likeness (QED) is 0.701. The van der Waals surface area contributed by atoms with Gasteiger partial charge >= 0.3 is 0 Å². The Labute approximate surface area is 151 Å². The predicted molar refractivity (Wildman–Crippen MR) is 101 cm³/mol. The molecule has 3 heterocycles. The van der Waals surface area contributed by atoms with Crippen LogP contribution in [0.1, 0.15) is 34.9 Å². The topological polar surface area (TPSA) is 38.1 Å². The van der Waals surface area contributed by atoms with Crippen LogP contribution in [0.5, 0.6) is 0 Å². The van der Waals surface area contributed by atoms with Gasteiger partial charge in [-0.3, -0.25) is 4.79 Å². The standard InChI is InChI=1S/C20H21N3OS/c1-15-12-21-19(16-6-3-2-4-7-16)23(15)18-8-5-10-22(13-18)20(24)17-9-11-25-14-17/h2-4,6-7,9,11-12,14,18H,5,8,10,13H2,1H3. The van der Waals surface area contributed by atoms with E-state index in [-0.39, 0.29) is 11.9 Å². The fraction of sp³-hybridized carbons (Fsp3) is 0.300. The van der Waals surface area contributed by atoms with Crippen molar-refractivity contribution in [3.8, 4) is 11.4 Å². The lowest BCUT2D eigenvalue weighted by atomic mass is 10.0. The molecule has 1 aliphatic heterocycles. The number of benzene rings is 1. The third-order valence-corrected chi connectivity index (χ3v) is 5.51. The van der Waals surface area contributed by atoms with Crippen molar-refractivity contribution in [3.05, 3.63) is 64.6 Å². The van der Waals surface area contributed by atoms with Gasteiger partial charge in [-0.25, -0.2) is 4.98 Å². The first-order chi connectivity index (χ1) is 12.2. The molecule has 4 nitrogen and oxygen atoms in total. The Morgan fingerprint density at radius 3 is 2.84 bits per heavy atom. The molecular weight excluding hydrogens is 330 g/mol. The van der Waals surface area contributed by atoms with Gasteiger partial charge in [-0.1, -0.05) is 30.3 Å². The number of rotatable bonds is 3. The third kappa shape index (κ3) is 3.12. The van der Waals surface area contributed by atoms with Gasteiger partial charge in [0.25, 0.3) is 5.91 Å². The molecule has 0 radical (unpaired) electrons. The van der Waals surface area contributed by atoms with Crippen LogP contribution in [0.4, 0.5) is 0 Å². The number of piperidine rings is 1. The summed E-state index contributed by atoms with van der Waals surface area (Å²) in [5.41, 5.74) is 3.07. The van der Waals surface area contributed by atoms with Crippen LogP contribution in [0.3, 0.4) is 0 Å². The number of carbonyl (C=O) groups is 1. The average Bonchev–Trinajstić information content (AvgIpc) is 3.32. The zero-order valence-electron chi connectivity index (χ0n) is 14.3. The fourth-order valence-corrected chi connectivity index (χ4v) is 4.26. The van der Waals surface area contributed by atoms with E-state index in [1.54, 1.807) is 11.3 Å². The minimum Gasteiger partial charge on any atom is -0.337 e. The van der Waals surface area contributed by atoms with E-state index in [2.05, 4.69) is 28.6 Å². The summed E-state index contributed by atoms with van der Waals surface area (Å²) in [6.45, 7) is 3.67. The van der Waals surface area contributed by atoms with Gasteiger partial charge < -0.3 is 9.47 Å². The highest BCUT2D eigenvalue weighted by atomic mass is 32.1. The van der Waals surface area contributed by atoms with Crippen LogP contribution >= 0.6 is 11.3 Å². The van der Waals surface area contributed by atoms with E-state index in [1.165, 1.54) is 0 Å². The molecule has 0 aliphatic carbocycles. The molecule has 25 heavy (non-hydrogen) atoms. The minimum atomic E-state index is 0.143. The number of aryl methyl sites for hydroxylation is 1. The molecule has 4 rings (SSSR count). The Bertz CT molecular complexity index is 854. The summed E-state index contributed by atoms with van der Waals surface area (Å²) in [6.07, 6.45) is 4.03. The number of hydrogen-bond donors (Lipinski definition) is 0. The Morgan fingerprint density at radius 2 is 2.08 bits per heavy atom. The molecule has 2 aromatic heterocycles. The van der Waals surface area contributed by atoms with Gasteiger partial charge in [0.1, 0.15) is 5.82 Å². The third-order valence-electron chi connectivity index (χ3n) is 4.83. The van der Waals surface area contributed by atoms with Crippen LogP contribution in [0.25, 0.3) is 11.4 Å². The van der Waals surface area contributed by atoms with Crippen molar-refractivity contribution in [2.75, 3.05) is 13.1 Å². The number of carbonyl (C=O) groups excluding carboxylic acids is 1. The van der Waals surface area contributed by atoms with E-state index >= 15 is 0 Å². The lowest BCUT2D eigenvalue weighted by Gasteiger charge is -2.34. The van der Waals surface area contributed by atoms with E-state index in [4.69, 9.17) is 0 Å². The van der Waals surface area contributed by atoms with E-state index in [9.17, 15) is 4.79 Å². The maximum absolute atomic E-state index is 12.7. The van der Waals surface area contributed by atoms with Crippen LogP contribution in [-0.4, -0.2) is 33.4 Å². The van der Waals surface area contributed by atoms with E-state index in [0.29, 0.717) is 0 Å². The van der Waals surface area contributed by atoms with Crippen molar-refractivity contribution < 1.29 is 4.79 Å². The number of hydrogen-bond acceptors (Lipinski definition) is 3. The number of amides is 1. The monoisotopic (exact) mass is 351 g/mol. The van der Waals surface area contributed by atoms with Crippen molar-refractivity contribution in [1.82, 2.24) is 14.5 Å². The van der Waals surface area contributed by atoms with Crippen LogP contribution in [-0.2, 0) is 0 Å². The van der Waals surface area contributed by atoms with Gasteiger partial charge in [0, 0.05) is 35.9 Å². The summed E-state index contributed by atoms with van der Waals surface area (Å²) in [5, 5.41) is 3.89. The summed E-state index contributed by atoms with van der Waals surface area (Å²) in [6, 6.07) is 12.5. The molecule has 5 heteroatoms. The molecule has 0 bridgehead atoms. The highest BCUT2D eigenvalue weighted by molar-refractivity contribution is 7.08. The molecule has 3 aromatic rings. The Kier molecular flexibility index (Phi) is 4.40. The summed E-state index contributed by atoms with van der Waals surface area (Å²) in [4.78, 5) is 19.4. The number of nitrogens with zero attached hydrogens (tertiary/aromatic N) is 3. The van der Waals surface area contributed by atoms with Crippen molar-refractivity contribution in [2.45, 2.75) is 25.8 Å². The van der Waals surface area contributed by atoms with Crippen molar-refractivity contribution in [1.29, 1.82) is 0 Å². The van der Waals surface area contributed by atoms with E-state index < -0.39 is 0 Å². The first-order valence-electron chi connectivity index (χ1n) is 8.65. The van der Waals surface area contributed by atoms with Gasteiger partial charge in [0.2, 0.25) is 0 Å². The van der Waals surface area contributed by atoms with Gasteiger partial charge in [0.05, 0.1) is 11.6 Å². The summed E-state index contributed by atoms with van der Waals surface area (Å²) in [5.74, 6) is 1.14. The number of thiophene rings is 1. The Hall–Kier alpha value is -2.40. The van der Waals surface area contributed by atoms with Crippen molar-refractivity contribution in [2.24, 2.45) is 0 Å². The van der Waals surface area contributed by atoms with Crippen molar-refractivity contribution >= 4 is 17.2 Å². The second kappa shape index (κ2) is 6.84. The number of likely N-dealkylation sites (tertiary alicyclic amines) is 1. The van der Waals surface area contributed by atoms with E-state index in [0.717, 1.165) is 48.6 Å². The maximum atomic E-state index is 12.7. The molecule has 1 fully saturated rings. The van der Waals surface area contributed by atoms with E-state index in [1.807, 2.05) is 46.1 Å². The fourth-order valence-electron chi connectivity index (χ4n) is 3.63. The molecule has 0 N–H and O–H groups in total. The molecule has 1 aliphatic rings. The zero-order chi connectivity index (χ0) is 17.2. The second-order valence-electron chi connectivity index (χ2n) is 6.52. The molecule has 1 saturated heterocycles.